The van der Waals surface area contributed by atoms with Gasteiger partial charge in [-0.15, -0.1) is 0 Å². The maximum atomic E-state index is 11.4. The molecule has 0 fully saturated rings. The second-order valence-electron chi connectivity index (χ2n) is 4.26. The molecule has 0 saturated carbocycles. The highest BCUT2D eigenvalue weighted by Crippen LogP contribution is 2.15. The summed E-state index contributed by atoms with van der Waals surface area (Å²) in [5.41, 5.74) is 5.46. The number of nitrogen functional groups attached to an aromatic ring is 1. The first-order valence-electron chi connectivity index (χ1n) is 4.63. The van der Waals surface area contributed by atoms with Crippen LogP contribution >= 0.6 is 0 Å². The first-order chi connectivity index (χ1) is 6.89. The van der Waals surface area contributed by atoms with E-state index in [4.69, 9.17) is 10.5 Å². The Labute approximate surface area is 88.7 Å². The first kappa shape index (κ1) is 11.4. The molecule has 1 aromatic heterocycles. The van der Waals surface area contributed by atoms with Crippen molar-refractivity contribution in [2.24, 2.45) is 5.41 Å². The largest absolute Gasteiger partial charge is 0.459 e. The van der Waals surface area contributed by atoms with E-state index in [1.165, 1.54) is 12.4 Å². The fraction of sp³-hybridized carbons (Fsp3) is 0.500. The Kier molecular flexibility index (Phi) is 3.24. The van der Waals surface area contributed by atoms with E-state index in [0.29, 0.717) is 11.5 Å². The summed E-state index contributed by atoms with van der Waals surface area (Å²) in [6, 6.07) is 0. The standard InChI is InChI=1S/C10H15N3O2/c1-10(2,3)9(14)15-6-7-4-13-8(11)5-12-7/h4-5H,6H2,1-3H3,(H2,11,13). The number of nitrogens with two attached hydrogens (primary N) is 1. The molecule has 5 heteroatoms. The summed E-state index contributed by atoms with van der Waals surface area (Å²) < 4.78 is 5.05. The number of aromatic nitrogens is 2. The van der Waals surface area contributed by atoms with Crippen LogP contribution in [0.4, 0.5) is 5.82 Å². The smallest absolute Gasteiger partial charge is 0.311 e. The lowest BCUT2D eigenvalue weighted by Gasteiger charge is -2.16. The van der Waals surface area contributed by atoms with Crippen molar-refractivity contribution in [2.45, 2.75) is 27.4 Å². The van der Waals surface area contributed by atoms with Crippen LogP contribution < -0.4 is 5.73 Å². The number of nitrogens with zero attached hydrogens (tertiary/aromatic N) is 2. The molecule has 0 saturated heterocycles. The van der Waals surface area contributed by atoms with Crippen LogP contribution in [0.1, 0.15) is 26.5 Å². The summed E-state index contributed by atoms with van der Waals surface area (Å²) in [6.07, 6.45) is 2.92. The first-order valence-corrected chi connectivity index (χ1v) is 4.63. The zero-order valence-electron chi connectivity index (χ0n) is 9.15. The highest BCUT2D eigenvalue weighted by Gasteiger charge is 2.22. The van der Waals surface area contributed by atoms with Crippen LogP contribution in [0.15, 0.2) is 12.4 Å². The zero-order valence-corrected chi connectivity index (χ0v) is 9.15. The van der Waals surface area contributed by atoms with Crippen LogP contribution in [0.25, 0.3) is 0 Å². The topological polar surface area (TPSA) is 78.1 Å². The van der Waals surface area contributed by atoms with Crippen molar-refractivity contribution in [3.05, 3.63) is 18.1 Å². The maximum absolute atomic E-state index is 11.4. The molecule has 0 aliphatic rings. The van der Waals surface area contributed by atoms with E-state index in [-0.39, 0.29) is 12.6 Å². The van der Waals surface area contributed by atoms with E-state index < -0.39 is 5.41 Å². The number of esters is 1. The summed E-state index contributed by atoms with van der Waals surface area (Å²) in [5, 5.41) is 0. The Bertz CT molecular complexity index is 341. The van der Waals surface area contributed by atoms with Gasteiger partial charge in [-0.05, 0) is 20.8 Å². The van der Waals surface area contributed by atoms with Crippen LogP contribution in [-0.4, -0.2) is 15.9 Å². The van der Waals surface area contributed by atoms with Gasteiger partial charge in [-0.3, -0.25) is 9.78 Å². The predicted molar refractivity (Wildman–Crippen MR) is 55.7 cm³/mol. The molecule has 1 heterocycles. The molecule has 0 atom stereocenters. The van der Waals surface area contributed by atoms with Crippen LogP contribution in [0.5, 0.6) is 0 Å². The molecule has 15 heavy (non-hydrogen) atoms. The number of hydrogen-bond acceptors (Lipinski definition) is 5. The van der Waals surface area contributed by atoms with Gasteiger partial charge in [-0.1, -0.05) is 0 Å². The van der Waals surface area contributed by atoms with Crippen LogP contribution in [-0.2, 0) is 16.1 Å². The van der Waals surface area contributed by atoms with Gasteiger partial charge in [0, 0.05) is 0 Å². The highest BCUT2D eigenvalue weighted by atomic mass is 16.5. The van der Waals surface area contributed by atoms with Crippen molar-refractivity contribution in [3.8, 4) is 0 Å². The molecule has 1 rings (SSSR count). The molecule has 0 bridgehead atoms. The Morgan fingerprint density at radius 3 is 2.53 bits per heavy atom. The van der Waals surface area contributed by atoms with Crippen molar-refractivity contribution >= 4 is 11.8 Å². The normalized spacial score (nSPS) is 11.1. The lowest BCUT2D eigenvalue weighted by atomic mass is 9.97. The molecule has 0 amide bonds. The Hall–Kier alpha value is -1.65. The highest BCUT2D eigenvalue weighted by molar-refractivity contribution is 5.75. The molecule has 0 aromatic carbocycles. The van der Waals surface area contributed by atoms with E-state index in [1.807, 2.05) is 0 Å². The van der Waals surface area contributed by atoms with Gasteiger partial charge in [0.2, 0.25) is 0 Å². The fourth-order valence-corrected chi connectivity index (χ4v) is 0.795. The predicted octanol–water partition coefficient (Wildman–Crippen LogP) is 1.15. The van der Waals surface area contributed by atoms with Crippen LogP contribution in [0.2, 0.25) is 0 Å². The van der Waals surface area contributed by atoms with Gasteiger partial charge in [0.25, 0.3) is 0 Å². The molecule has 2 N–H and O–H groups in total. The molecule has 1 aromatic rings. The summed E-state index contributed by atoms with van der Waals surface area (Å²) in [5.74, 6) is 0.0852. The minimum atomic E-state index is -0.499. The Morgan fingerprint density at radius 2 is 2.07 bits per heavy atom. The van der Waals surface area contributed by atoms with Crippen molar-refractivity contribution in [2.75, 3.05) is 5.73 Å². The molecular weight excluding hydrogens is 194 g/mol. The molecule has 0 aliphatic heterocycles. The lowest BCUT2D eigenvalue weighted by molar-refractivity contribution is -0.154. The molecule has 5 nitrogen and oxygen atoms in total. The molecule has 0 radical (unpaired) electrons. The average Bonchev–Trinajstić information content (AvgIpc) is 2.15. The lowest BCUT2D eigenvalue weighted by Crippen LogP contribution is -2.22. The second kappa shape index (κ2) is 4.25. The van der Waals surface area contributed by atoms with Gasteiger partial charge in [0.15, 0.2) is 0 Å². The number of carbonyl (C=O) groups is 1. The fourth-order valence-electron chi connectivity index (χ4n) is 0.795. The molecule has 0 unspecified atom stereocenters. The minimum absolute atomic E-state index is 0.128. The molecular formula is C10H15N3O2. The zero-order chi connectivity index (χ0) is 11.5. The summed E-state index contributed by atoms with van der Waals surface area (Å²) in [7, 11) is 0. The third-order valence-corrected chi connectivity index (χ3v) is 1.69. The van der Waals surface area contributed by atoms with Crippen molar-refractivity contribution in [1.29, 1.82) is 0 Å². The van der Waals surface area contributed by atoms with E-state index >= 15 is 0 Å². The number of anilines is 1. The third kappa shape index (κ3) is 3.53. The third-order valence-electron chi connectivity index (χ3n) is 1.69. The van der Waals surface area contributed by atoms with Gasteiger partial charge in [0.05, 0.1) is 23.5 Å². The Morgan fingerprint density at radius 1 is 1.40 bits per heavy atom. The van der Waals surface area contributed by atoms with Crippen molar-refractivity contribution < 1.29 is 9.53 Å². The molecule has 0 aliphatic carbocycles. The average molecular weight is 209 g/mol. The SMILES string of the molecule is CC(C)(C)C(=O)OCc1cnc(N)cn1. The molecule has 0 spiro atoms. The van der Waals surface area contributed by atoms with Gasteiger partial charge in [-0.2, -0.15) is 0 Å². The maximum Gasteiger partial charge on any atom is 0.311 e. The van der Waals surface area contributed by atoms with E-state index in [0.717, 1.165) is 0 Å². The van der Waals surface area contributed by atoms with Crippen LogP contribution in [0.3, 0.4) is 0 Å². The minimum Gasteiger partial charge on any atom is -0.459 e. The van der Waals surface area contributed by atoms with Crippen molar-refractivity contribution in [1.82, 2.24) is 9.97 Å². The number of carbonyl (C=O) groups excluding carboxylic acids is 1. The number of hydrogen-bond donors (Lipinski definition) is 1. The van der Waals surface area contributed by atoms with E-state index in [9.17, 15) is 4.79 Å². The van der Waals surface area contributed by atoms with Crippen LogP contribution in [0, 0.1) is 5.41 Å². The van der Waals surface area contributed by atoms with E-state index in [2.05, 4.69) is 9.97 Å². The monoisotopic (exact) mass is 209 g/mol. The number of ether oxygens (including phenoxy) is 1. The van der Waals surface area contributed by atoms with E-state index in [1.54, 1.807) is 20.8 Å². The summed E-state index contributed by atoms with van der Waals surface area (Å²) >= 11 is 0. The van der Waals surface area contributed by atoms with Gasteiger partial charge >= 0.3 is 5.97 Å². The quantitative estimate of drug-likeness (QED) is 0.739. The second-order valence-corrected chi connectivity index (χ2v) is 4.26. The van der Waals surface area contributed by atoms with Crippen molar-refractivity contribution in [3.63, 3.8) is 0 Å². The van der Waals surface area contributed by atoms with Gasteiger partial charge < -0.3 is 10.5 Å². The van der Waals surface area contributed by atoms with Gasteiger partial charge in [-0.25, -0.2) is 4.98 Å². The number of rotatable bonds is 2. The Balaban J connectivity index is 2.51. The summed E-state index contributed by atoms with van der Waals surface area (Å²) in [6.45, 7) is 5.52. The van der Waals surface area contributed by atoms with Gasteiger partial charge in [0.1, 0.15) is 12.4 Å². The molecule has 82 valence electrons. The summed E-state index contributed by atoms with van der Waals surface area (Å²) in [4.78, 5) is 19.2.